The molecular formula is C7H16O2. The molecule has 0 aliphatic heterocycles. The molecule has 0 bridgehead atoms. The van der Waals surface area contributed by atoms with E-state index in [9.17, 15) is 5.11 Å². The van der Waals surface area contributed by atoms with Gasteiger partial charge >= 0.3 is 0 Å². The summed E-state index contributed by atoms with van der Waals surface area (Å²) >= 11 is 0. The van der Waals surface area contributed by atoms with Crippen molar-refractivity contribution in [3.05, 3.63) is 0 Å². The van der Waals surface area contributed by atoms with Gasteiger partial charge in [-0.15, -0.1) is 0 Å². The molecule has 2 nitrogen and oxygen atoms in total. The summed E-state index contributed by atoms with van der Waals surface area (Å²) in [6, 6.07) is 0. The number of methoxy groups -OCH3 is 1. The van der Waals surface area contributed by atoms with Crippen LogP contribution in [0.2, 0.25) is 0 Å². The van der Waals surface area contributed by atoms with E-state index in [2.05, 4.69) is 0 Å². The van der Waals surface area contributed by atoms with E-state index >= 15 is 0 Å². The lowest BCUT2D eigenvalue weighted by Gasteiger charge is -2.17. The van der Waals surface area contributed by atoms with E-state index in [-0.39, 0.29) is 12.2 Å². The molecular weight excluding hydrogens is 116 g/mol. The quantitative estimate of drug-likeness (QED) is 0.622. The zero-order valence-electron chi connectivity index (χ0n) is 6.42. The van der Waals surface area contributed by atoms with Gasteiger partial charge in [-0.3, -0.25) is 0 Å². The van der Waals surface area contributed by atoms with Crippen LogP contribution in [0.1, 0.15) is 26.7 Å². The second-order valence-corrected chi connectivity index (χ2v) is 2.16. The largest absolute Gasteiger partial charge is 0.390 e. The lowest BCUT2D eigenvalue weighted by molar-refractivity contribution is -0.0148. The molecule has 0 heterocycles. The molecule has 0 rings (SSSR count). The summed E-state index contributed by atoms with van der Waals surface area (Å²) in [5, 5.41) is 9.19. The van der Waals surface area contributed by atoms with Crippen LogP contribution in [0.25, 0.3) is 0 Å². The van der Waals surface area contributed by atoms with Crippen LogP contribution in [0.5, 0.6) is 0 Å². The van der Waals surface area contributed by atoms with Crippen molar-refractivity contribution in [2.24, 2.45) is 0 Å². The fourth-order valence-electron chi connectivity index (χ4n) is 0.859. The van der Waals surface area contributed by atoms with Gasteiger partial charge in [0.25, 0.3) is 0 Å². The summed E-state index contributed by atoms with van der Waals surface area (Å²) in [7, 11) is 1.63. The van der Waals surface area contributed by atoms with Crippen LogP contribution in [0.3, 0.4) is 0 Å². The first-order chi connectivity index (χ1) is 4.26. The van der Waals surface area contributed by atoms with Crippen LogP contribution < -0.4 is 0 Å². The molecule has 0 amide bonds. The van der Waals surface area contributed by atoms with E-state index in [0.29, 0.717) is 0 Å². The van der Waals surface area contributed by atoms with Gasteiger partial charge in [0.1, 0.15) is 0 Å². The first-order valence-corrected chi connectivity index (χ1v) is 3.47. The molecule has 0 spiro atoms. The van der Waals surface area contributed by atoms with Gasteiger partial charge in [-0.05, 0) is 12.8 Å². The monoisotopic (exact) mass is 132 g/mol. The first kappa shape index (κ1) is 8.92. The zero-order chi connectivity index (χ0) is 7.28. The molecule has 0 saturated carbocycles. The minimum atomic E-state index is -0.292. The number of aliphatic hydroxyl groups is 1. The fourth-order valence-corrected chi connectivity index (χ4v) is 0.859. The van der Waals surface area contributed by atoms with Gasteiger partial charge in [-0.25, -0.2) is 0 Å². The van der Waals surface area contributed by atoms with Crippen molar-refractivity contribution in [3.63, 3.8) is 0 Å². The predicted molar refractivity (Wildman–Crippen MR) is 37.4 cm³/mol. The van der Waals surface area contributed by atoms with Crippen LogP contribution in [0.4, 0.5) is 0 Å². The standard InChI is InChI=1S/C7H16O2/c1-4-6(8)7(5-2)9-3/h6-8H,4-5H2,1-3H3. The van der Waals surface area contributed by atoms with Gasteiger partial charge in [0.15, 0.2) is 0 Å². The van der Waals surface area contributed by atoms with E-state index in [1.54, 1.807) is 7.11 Å². The van der Waals surface area contributed by atoms with Crippen LogP contribution in [-0.2, 0) is 4.74 Å². The molecule has 0 fully saturated rings. The van der Waals surface area contributed by atoms with Crippen molar-refractivity contribution in [2.75, 3.05) is 7.11 Å². The SMILES string of the molecule is CCC(O)C(CC)OC. The maximum absolute atomic E-state index is 9.19. The molecule has 0 radical (unpaired) electrons. The number of hydrogen-bond donors (Lipinski definition) is 1. The number of ether oxygens (including phenoxy) is 1. The zero-order valence-corrected chi connectivity index (χ0v) is 6.42. The van der Waals surface area contributed by atoms with E-state index in [4.69, 9.17) is 4.74 Å². The second-order valence-electron chi connectivity index (χ2n) is 2.16. The highest BCUT2D eigenvalue weighted by Crippen LogP contribution is 2.05. The molecule has 2 unspecified atom stereocenters. The summed E-state index contributed by atoms with van der Waals surface area (Å²) in [5.74, 6) is 0. The van der Waals surface area contributed by atoms with E-state index in [1.807, 2.05) is 13.8 Å². The molecule has 2 atom stereocenters. The molecule has 0 aliphatic carbocycles. The first-order valence-electron chi connectivity index (χ1n) is 3.47. The van der Waals surface area contributed by atoms with E-state index < -0.39 is 0 Å². The fraction of sp³-hybridized carbons (Fsp3) is 1.00. The summed E-state index contributed by atoms with van der Waals surface area (Å²) in [4.78, 5) is 0. The Morgan fingerprint density at radius 1 is 1.33 bits per heavy atom. The van der Waals surface area contributed by atoms with Crippen LogP contribution in [0, 0.1) is 0 Å². The highest BCUT2D eigenvalue weighted by Gasteiger charge is 2.12. The molecule has 1 N–H and O–H groups in total. The van der Waals surface area contributed by atoms with Crippen molar-refractivity contribution in [1.82, 2.24) is 0 Å². The third kappa shape index (κ3) is 2.82. The Kier molecular flexibility index (Phi) is 4.72. The lowest BCUT2D eigenvalue weighted by Crippen LogP contribution is -2.26. The Morgan fingerprint density at radius 3 is 2.00 bits per heavy atom. The Hall–Kier alpha value is -0.0800. The molecule has 2 heteroatoms. The van der Waals surface area contributed by atoms with Crippen molar-refractivity contribution in [3.8, 4) is 0 Å². The molecule has 0 aromatic carbocycles. The summed E-state index contributed by atoms with van der Waals surface area (Å²) in [6.07, 6.45) is 1.38. The average Bonchev–Trinajstić information content (AvgIpc) is 1.90. The third-order valence-corrected chi connectivity index (χ3v) is 1.55. The van der Waals surface area contributed by atoms with Gasteiger partial charge in [0.2, 0.25) is 0 Å². The average molecular weight is 132 g/mol. The van der Waals surface area contributed by atoms with Crippen molar-refractivity contribution in [2.45, 2.75) is 38.9 Å². The molecule has 0 aliphatic rings. The summed E-state index contributed by atoms with van der Waals surface area (Å²) in [6.45, 7) is 3.96. The molecule has 0 saturated heterocycles. The molecule has 9 heavy (non-hydrogen) atoms. The maximum atomic E-state index is 9.19. The third-order valence-electron chi connectivity index (χ3n) is 1.55. The Labute approximate surface area is 56.8 Å². The van der Waals surface area contributed by atoms with Gasteiger partial charge in [-0.2, -0.15) is 0 Å². The maximum Gasteiger partial charge on any atom is 0.0827 e. The van der Waals surface area contributed by atoms with Gasteiger partial charge < -0.3 is 9.84 Å². The Morgan fingerprint density at radius 2 is 1.89 bits per heavy atom. The van der Waals surface area contributed by atoms with Crippen LogP contribution in [-0.4, -0.2) is 24.4 Å². The van der Waals surface area contributed by atoms with Crippen molar-refractivity contribution in [1.29, 1.82) is 0 Å². The van der Waals surface area contributed by atoms with Gasteiger partial charge in [0.05, 0.1) is 12.2 Å². The summed E-state index contributed by atoms with van der Waals surface area (Å²) in [5.41, 5.74) is 0. The van der Waals surface area contributed by atoms with Gasteiger partial charge in [-0.1, -0.05) is 13.8 Å². The van der Waals surface area contributed by atoms with Gasteiger partial charge in [0, 0.05) is 7.11 Å². The minimum Gasteiger partial charge on any atom is -0.390 e. The Bertz CT molecular complexity index is 59.9. The summed E-state index contributed by atoms with van der Waals surface area (Å²) < 4.78 is 5.00. The van der Waals surface area contributed by atoms with Crippen molar-refractivity contribution < 1.29 is 9.84 Å². The normalized spacial score (nSPS) is 17.3. The molecule has 0 aromatic heterocycles. The Balaban J connectivity index is 3.50. The van der Waals surface area contributed by atoms with E-state index in [0.717, 1.165) is 12.8 Å². The van der Waals surface area contributed by atoms with Crippen LogP contribution in [0.15, 0.2) is 0 Å². The molecule has 0 aromatic rings. The number of rotatable bonds is 4. The highest BCUT2D eigenvalue weighted by atomic mass is 16.5. The highest BCUT2D eigenvalue weighted by molar-refractivity contribution is 4.64. The minimum absolute atomic E-state index is 0.0231. The lowest BCUT2D eigenvalue weighted by atomic mass is 10.1. The molecule has 56 valence electrons. The smallest absolute Gasteiger partial charge is 0.0827 e. The number of aliphatic hydroxyl groups excluding tert-OH is 1. The predicted octanol–water partition coefficient (Wildman–Crippen LogP) is 1.18. The van der Waals surface area contributed by atoms with Crippen molar-refractivity contribution >= 4 is 0 Å². The number of hydrogen-bond acceptors (Lipinski definition) is 2. The van der Waals surface area contributed by atoms with Crippen LogP contribution >= 0.6 is 0 Å². The second kappa shape index (κ2) is 4.77. The van der Waals surface area contributed by atoms with E-state index in [1.165, 1.54) is 0 Å². The topological polar surface area (TPSA) is 29.5 Å².